The number of hydrogen-bond acceptors (Lipinski definition) is 5. The van der Waals surface area contributed by atoms with Crippen molar-refractivity contribution in [1.82, 2.24) is 0 Å². The molecule has 0 aliphatic carbocycles. The van der Waals surface area contributed by atoms with Gasteiger partial charge in [-0.05, 0) is 48.5 Å². The second-order valence-corrected chi connectivity index (χ2v) is 5.89. The first-order valence-corrected chi connectivity index (χ1v) is 8.59. The average Bonchev–Trinajstić information content (AvgIpc) is 2.62. The van der Waals surface area contributed by atoms with Crippen LogP contribution in [0.15, 0.2) is 48.5 Å². The third kappa shape index (κ3) is 6.32. The van der Waals surface area contributed by atoms with Crippen molar-refractivity contribution in [2.45, 2.75) is 0 Å². The Balaban J connectivity index is 1.53. The van der Waals surface area contributed by atoms with Gasteiger partial charge in [0.05, 0.1) is 27.4 Å². The summed E-state index contributed by atoms with van der Waals surface area (Å²) in [5.41, 5.74) is 0. The minimum atomic E-state index is 0.680. The van der Waals surface area contributed by atoms with E-state index < -0.39 is 0 Å². The van der Waals surface area contributed by atoms with E-state index in [1.54, 1.807) is 14.2 Å². The summed E-state index contributed by atoms with van der Waals surface area (Å²) in [5, 5.41) is 0. The Morgan fingerprint density at radius 3 is 1.30 bits per heavy atom. The first-order valence-electron chi connectivity index (χ1n) is 7.43. The summed E-state index contributed by atoms with van der Waals surface area (Å²) in [7, 11) is 3.31. The largest absolute Gasteiger partial charge is 0.497 e. The summed E-state index contributed by atoms with van der Waals surface area (Å²) in [6.07, 6.45) is 0. The summed E-state index contributed by atoms with van der Waals surface area (Å²) in [4.78, 5) is 0. The normalized spacial score (nSPS) is 10.2. The van der Waals surface area contributed by atoms with Crippen LogP contribution in [-0.4, -0.2) is 38.9 Å². The van der Waals surface area contributed by atoms with Crippen LogP contribution in [0.4, 0.5) is 0 Å². The molecule has 2 rings (SSSR count). The second-order valence-electron chi connectivity index (χ2n) is 4.66. The maximum atomic E-state index is 5.66. The zero-order valence-corrected chi connectivity index (χ0v) is 14.3. The van der Waals surface area contributed by atoms with E-state index in [4.69, 9.17) is 18.9 Å². The number of hydrogen-bond donors (Lipinski definition) is 0. The van der Waals surface area contributed by atoms with E-state index in [-0.39, 0.29) is 0 Å². The predicted molar refractivity (Wildman–Crippen MR) is 94.3 cm³/mol. The van der Waals surface area contributed by atoms with Gasteiger partial charge >= 0.3 is 0 Å². The molecule has 0 aliphatic rings. The van der Waals surface area contributed by atoms with Crippen LogP contribution in [0, 0.1) is 0 Å². The van der Waals surface area contributed by atoms with Crippen molar-refractivity contribution in [2.75, 3.05) is 38.9 Å². The van der Waals surface area contributed by atoms with Crippen LogP contribution in [0.3, 0.4) is 0 Å². The molecule has 0 aliphatic heterocycles. The van der Waals surface area contributed by atoms with Crippen molar-refractivity contribution in [1.29, 1.82) is 0 Å². The van der Waals surface area contributed by atoms with Gasteiger partial charge in [0.1, 0.15) is 23.0 Å². The fraction of sp³-hybridized carbons (Fsp3) is 0.333. The van der Waals surface area contributed by atoms with Gasteiger partial charge in [0.15, 0.2) is 0 Å². The lowest BCUT2D eigenvalue weighted by Crippen LogP contribution is -2.04. The monoisotopic (exact) mass is 334 g/mol. The Kier molecular flexibility index (Phi) is 7.46. The summed E-state index contributed by atoms with van der Waals surface area (Å²) in [5.74, 6) is 5.25. The number of thioether (sulfide) groups is 1. The van der Waals surface area contributed by atoms with Gasteiger partial charge in [0.2, 0.25) is 0 Å². The molecule has 23 heavy (non-hydrogen) atoms. The molecule has 2 aromatic carbocycles. The van der Waals surface area contributed by atoms with E-state index in [2.05, 4.69) is 0 Å². The smallest absolute Gasteiger partial charge is 0.119 e. The zero-order valence-electron chi connectivity index (χ0n) is 13.5. The first-order chi connectivity index (χ1) is 11.3. The summed E-state index contributed by atoms with van der Waals surface area (Å²) >= 11 is 1.81. The molecular weight excluding hydrogens is 312 g/mol. The third-order valence-corrected chi connectivity index (χ3v) is 4.02. The van der Waals surface area contributed by atoms with Crippen LogP contribution in [0.25, 0.3) is 0 Å². The Morgan fingerprint density at radius 2 is 0.957 bits per heavy atom. The Bertz CT molecular complexity index is 503. The van der Waals surface area contributed by atoms with Crippen LogP contribution >= 0.6 is 11.8 Å². The molecule has 5 heteroatoms. The van der Waals surface area contributed by atoms with E-state index in [1.165, 1.54) is 0 Å². The number of ether oxygens (including phenoxy) is 4. The molecule has 0 fully saturated rings. The fourth-order valence-electron chi connectivity index (χ4n) is 1.88. The highest BCUT2D eigenvalue weighted by Crippen LogP contribution is 2.18. The van der Waals surface area contributed by atoms with E-state index in [0.717, 1.165) is 34.5 Å². The van der Waals surface area contributed by atoms with Gasteiger partial charge in [-0.1, -0.05) is 0 Å². The van der Waals surface area contributed by atoms with Gasteiger partial charge in [-0.3, -0.25) is 0 Å². The summed E-state index contributed by atoms with van der Waals surface area (Å²) < 4.78 is 21.5. The van der Waals surface area contributed by atoms with Gasteiger partial charge in [-0.25, -0.2) is 0 Å². The Labute approximate surface area is 141 Å². The SMILES string of the molecule is COc1ccc(OCCSCCOc2ccc(OC)cc2)cc1. The van der Waals surface area contributed by atoms with E-state index in [9.17, 15) is 0 Å². The van der Waals surface area contributed by atoms with Crippen LogP contribution < -0.4 is 18.9 Å². The number of rotatable bonds is 10. The molecule has 0 N–H and O–H groups in total. The number of methoxy groups -OCH3 is 2. The lowest BCUT2D eigenvalue weighted by Gasteiger charge is -2.08. The van der Waals surface area contributed by atoms with E-state index >= 15 is 0 Å². The van der Waals surface area contributed by atoms with Crippen molar-refractivity contribution in [3.8, 4) is 23.0 Å². The molecular formula is C18H22O4S. The minimum Gasteiger partial charge on any atom is -0.497 e. The van der Waals surface area contributed by atoms with Crippen LogP contribution in [0.5, 0.6) is 23.0 Å². The quantitative estimate of drug-likeness (QED) is 0.616. The number of benzene rings is 2. The van der Waals surface area contributed by atoms with E-state index in [0.29, 0.717) is 13.2 Å². The molecule has 124 valence electrons. The second kappa shape index (κ2) is 9.90. The van der Waals surface area contributed by atoms with Gasteiger partial charge in [0.25, 0.3) is 0 Å². The maximum Gasteiger partial charge on any atom is 0.119 e. The van der Waals surface area contributed by atoms with Gasteiger partial charge in [-0.15, -0.1) is 0 Å². The highest BCUT2D eigenvalue weighted by Gasteiger charge is 1.97. The first kappa shape index (κ1) is 17.3. The molecule has 0 amide bonds. The molecule has 4 nitrogen and oxygen atoms in total. The van der Waals surface area contributed by atoms with Crippen LogP contribution in [0.1, 0.15) is 0 Å². The highest BCUT2D eigenvalue weighted by atomic mass is 32.2. The highest BCUT2D eigenvalue weighted by molar-refractivity contribution is 7.99. The molecule has 0 bridgehead atoms. The van der Waals surface area contributed by atoms with Crippen molar-refractivity contribution < 1.29 is 18.9 Å². The summed E-state index contributed by atoms with van der Waals surface area (Å²) in [6, 6.07) is 15.2. The zero-order chi connectivity index (χ0) is 16.3. The molecule has 2 aromatic rings. The average molecular weight is 334 g/mol. The van der Waals surface area contributed by atoms with Crippen molar-refractivity contribution in [2.24, 2.45) is 0 Å². The maximum absolute atomic E-state index is 5.66. The van der Waals surface area contributed by atoms with Crippen LogP contribution in [-0.2, 0) is 0 Å². The summed E-state index contributed by atoms with van der Waals surface area (Å²) in [6.45, 7) is 1.36. The standard InChI is InChI=1S/C18H22O4S/c1-19-15-3-7-17(8-4-15)21-11-13-23-14-12-22-18-9-5-16(20-2)6-10-18/h3-10H,11-14H2,1-2H3. The lowest BCUT2D eigenvalue weighted by molar-refractivity contribution is 0.338. The molecule has 0 radical (unpaired) electrons. The van der Waals surface area contributed by atoms with Gasteiger partial charge in [-0.2, -0.15) is 11.8 Å². The predicted octanol–water partition coefficient (Wildman–Crippen LogP) is 3.89. The van der Waals surface area contributed by atoms with Crippen molar-refractivity contribution in [3.63, 3.8) is 0 Å². The van der Waals surface area contributed by atoms with Crippen molar-refractivity contribution >= 4 is 11.8 Å². The molecule has 0 saturated heterocycles. The van der Waals surface area contributed by atoms with Crippen LogP contribution in [0.2, 0.25) is 0 Å². The van der Waals surface area contributed by atoms with Gasteiger partial charge in [0, 0.05) is 11.5 Å². The fourth-order valence-corrected chi connectivity index (χ4v) is 2.49. The minimum absolute atomic E-state index is 0.680. The lowest BCUT2D eigenvalue weighted by atomic mass is 10.3. The molecule has 0 spiro atoms. The Morgan fingerprint density at radius 1 is 0.609 bits per heavy atom. The van der Waals surface area contributed by atoms with Gasteiger partial charge < -0.3 is 18.9 Å². The Hall–Kier alpha value is -2.01. The molecule has 0 aromatic heterocycles. The van der Waals surface area contributed by atoms with Crippen molar-refractivity contribution in [3.05, 3.63) is 48.5 Å². The molecule has 0 unspecified atom stereocenters. The topological polar surface area (TPSA) is 36.9 Å². The molecule has 0 heterocycles. The molecule has 0 atom stereocenters. The van der Waals surface area contributed by atoms with E-state index in [1.807, 2.05) is 60.3 Å². The molecule has 0 saturated carbocycles. The third-order valence-electron chi connectivity index (χ3n) is 3.11.